The highest BCUT2D eigenvalue weighted by molar-refractivity contribution is 7.90. The molecule has 0 atom stereocenters. The van der Waals surface area contributed by atoms with E-state index in [1.165, 1.54) is 25.3 Å². The number of hydrogen-bond acceptors (Lipinski definition) is 9. The number of ether oxygens (including phenoxy) is 1. The Hall–Kier alpha value is -4.98. The van der Waals surface area contributed by atoms with E-state index in [-0.39, 0.29) is 32.9 Å². The van der Waals surface area contributed by atoms with Crippen molar-refractivity contribution in [1.29, 1.82) is 0 Å². The molecule has 36 heavy (non-hydrogen) atoms. The van der Waals surface area contributed by atoms with E-state index >= 15 is 0 Å². The number of aromatic nitrogens is 1. The van der Waals surface area contributed by atoms with Crippen LogP contribution in [-0.2, 0) is 10.0 Å². The first-order chi connectivity index (χ1) is 17.1. The van der Waals surface area contributed by atoms with E-state index in [4.69, 9.17) is 4.74 Å². The Kier molecular flexibility index (Phi) is 6.27. The van der Waals surface area contributed by atoms with Crippen LogP contribution in [0.15, 0.2) is 71.6 Å². The molecule has 0 fully saturated rings. The average Bonchev–Trinajstić information content (AvgIpc) is 3.30. The van der Waals surface area contributed by atoms with E-state index in [0.717, 1.165) is 24.3 Å². The zero-order valence-electron chi connectivity index (χ0n) is 18.4. The highest BCUT2D eigenvalue weighted by Crippen LogP contribution is 2.34. The van der Waals surface area contributed by atoms with Crippen molar-refractivity contribution in [2.45, 2.75) is 4.90 Å². The summed E-state index contributed by atoms with van der Waals surface area (Å²) in [7, 11) is -2.88. The normalized spacial score (nSPS) is 11.1. The van der Waals surface area contributed by atoms with Gasteiger partial charge >= 0.3 is 0 Å². The number of H-pyrrole nitrogens is 1. The summed E-state index contributed by atoms with van der Waals surface area (Å²) in [5, 5.41) is 25.7. The van der Waals surface area contributed by atoms with Crippen molar-refractivity contribution in [3.05, 3.63) is 92.7 Å². The number of rotatable bonds is 8. The maximum Gasteiger partial charge on any atom is 0.293 e. The van der Waals surface area contributed by atoms with Gasteiger partial charge in [0.1, 0.15) is 17.0 Å². The quantitative estimate of drug-likeness (QED) is 0.233. The summed E-state index contributed by atoms with van der Waals surface area (Å²) in [6.45, 7) is 0. The van der Waals surface area contributed by atoms with Gasteiger partial charge in [0.25, 0.3) is 27.3 Å². The number of nitro benzene ring substituents is 2. The molecule has 4 aromatic rings. The average molecular weight is 511 g/mol. The Morgan fingerprint density at radius 1 is 0.972 bits per heavy atom. The second kappa shape index (κ2) is 9.34. The van der Waals surface area contributed by atoms with Crippen LogP contribution in [0.25, 0.3) is 10.9 Å². The minimum Gasteiger partial charge on any atom is -0.497 e. The summed E-state index contributed by atoms with van der Waals surface area (Å²) in [6, 6.07) is 14.9. The summed E-state index contributed by atoms with van der Waals surface area (Å²) in [5.41, 5.74) is 0.136. The van der Waals surface area contributed by atoms with Crippen LogP contribution in [0.2, 0.25) is 0 Å². The number of anilines is 2. The molecular weight excluding hydrogens is 494 g/mol. The highest BCUT2D eigenvalue weighted by atomic mass is 32.2. The van der Waals surface area contributed by atoms with Gasteiger partial charge in [0, 0.05) is 41.0 Å². The molecule has 0 saturated heterocycles. The van der Waals surface area contributed by atoms with Crippen LogP contribution in [0.4, 0.5) is 22.7 Å². The fourth-order valence-corrected chi connectivity index (χ4v) is 4.39. The molecule has 1 aromatic heterocycles. The number of carbonyl (C=O) groups excluding carboxylic acids is 1. The first-order valence-corrected chi connectivity index (χ1v) is 11.6. The number of methoxy groups -OCH3 is 1. The van der Waals surface area contributed by atoms with Gasteiger partial charge in [0.05, 0.1) is 21.9 Å². The van der Waals surface area contributed by atoms with Gasteiger partial charge in [-0.1, -0.05) is 6.07 Å². The Bertz CT molecular complexity index is 1610. The van der Waals surface area contributed by atoms with Crippen molar-refractivity contribution in [3.8, 4) is 5.75 Å². The zero-order chi connectivity index (χ0) is 26.0. The van der Waals surface area contributed by atoms with E-state index in [1.54, 1.807) is 24.3 Å². The second-order valence-corrected chi connectivity index (χ2v) is 9.09. The molecule has 1 amide bonds. The predicted octanol–water partition coefficient (Wildman–Crippen LogP) is 3.86. The number of benzene rings is 3. The molecule has 4 rings (SSSR count). The van der Waals surface area contributed by atoms with Crippen molar-refractivity contribution in [1.82, 2.24) is 9.71 Å². The summed E-state index contributed by atoms with van der Waals surface area (Å²) in [6.07, 6.45) is 0. The van der Waals surface area contributed by atoms with Gasteiger partial charge < -0.3 is 15.0 Å². The number of carbonyl (C=O) groups is 1. The Morgan fingerprint density at radius 3 is 2.33 bits per heavy atom. The Balaban J connectivity index is 1.69. The first-order valence-electron chi connectivity index (χ1n) is 10.1. The van der Waals surface area contributed by atoms with Crippen LogP contribution < -0.4 is 14.8 Å². The number of nitrogens with one attached hydrogen (secondary N) is 3. The molecule has 1 heterocycles. The number of amides is 1. The monoisotopic (exact) mass is 511 g/mol. The fraction of sp³-hybridized carbons (Fsp3) is 0.0455. The maximum absolute atomic E-state index is 12.8. The van der Waals surface area contributed by atoms with Crippen LogP contribution in [0, 0.1) is 20.2 Å². The number of aromatic amines is 1. The maximum atomic E-state index is 12.8. The van der Waals surface area contributed by atoms with Gasteiger partial charge in [-0.05, 0) is 36.4 Å². The van der Waals surface area contributed by atoms with Crippen molar-refractivity contribution >= 4 is 49.6 Å². The smallest absolute Gasteiger partial charge is 0.293 e. The number of fused-ring (bicyclic) bond motifs is 1. The summed E-state index contributed by atoms with van der Waals surface area (Å²) < 4.78 is 32.3. The minimum absolute atomic E-state index is 0.00535. The van der Waals surface area contributed by atoms with Crippen molar-refractivity contribution in [3.63, 3.8) is 0 Å². The molecule has 0 saturated carbocycles. The summed E-state index contributed by atoms with van der Waals surface area (Å²) in [4.78, 5) is 36.0. The standard InChI is InChI=1S/C22H17N5O8S/c1-35-15-4-2-3-13(11-15)23-18-9-10-20(27(31)32)21-17(18)12-19(24-21)22(28)25-36(33,34)16-7-5-14(6-8-16)26(29)30/h2-12,23-24H,1H3,(H,25,28). The third kappa shape index (κ3) is 4.78. The SMILES string of the molecule is COc1cccc(Nc2ccc([N+](=O)[O-])c3[nH]c(C(=O)NS(=O)(=O)c4ccc([N+](=O)[O-])cc4)cc23)c1. The molecule has 0 unspecified atom stereocenters. The van der Waals surface area contributed by atoms with E-state index in [2.05, 4.69) is 10.3 Å². The lowest BCUT2D eigenvalue weighted by molar-refractivity contribution is -0.384. The van der Waals surface area contributed by atoms with E-state index < -0.39 is 25.8 Å². The van der Waals surface area contributed by atoms with Gasteiger partial charge in [-0.2, -0.15) is 0 Å². The van der Waals surface area contributed by atoms with Gasteiger partial charge in [-0.3, -0.25) is 25.0 Å². The molecular formula is C22H17N5O8S. The Labute approximate surface area is 203 Å². The van der Waals surface area contributed by atoms with Crippen molar-refractivity contribution < 1.29 is 27.8 Å². The van der Waals surface area contributed by atoms with Crippen LogP contribution in [0.5, 0.6) is 5.75 Å². The van der Waals surface area contributed by atoms with Crippen LogP contribution in [-0.4, -0.2) is 36.3 Å². The van der Waals surface area contributed by atoms with Crippen LogP contribution in [0.3, 0.4) is 0 Å². The number of non-ortho nitro benzene ring substituents is 2. The molecule has 13 nitrogen and oxygen atoms in total. The molecule has 3 N–H and O–H groups in total. The van der Waals surface area contributed by atoms with Gasteiger partial charge in [-0.15, -0.1) is 0 Å². The van der Waals surface area contributed by atoms with E-state index in [1.807, 2.05) is 4.72 Å². The van der Waals surface area contributed by atoms with Gasteiger partial charge in [0.2, 0.25) is 0 Å². The summed E-state index contributed by atoms with van der Waals surface area (Å²) in [5.74, 6) is -0.505. The molecule has 3 aromatic carbocycles. The number of nitro groups is 2. The molecule has 0 spiro atoms. The van der Waals surface area contributed by atoms with Crippen molar-refractivity contribution in [2.24, 2.45) is 0 Å². The molecule has 14 heteroatoms. The summed E-state index contributed by atoms with van der Waals surface area (Å²) >= 11 is 0. The second-order valence-electron chi connectivity index (χ2n) is 7.40. The molecule has 0 aliphatic carbocycles. The molecule has 0 aliphatic rings. The predicted molar refractivity (Wildman–Crippen MR) is 129 cm³/mol. The lowest BCUT2D eigenvalue weighted by atomic mass is 10.1. The Morgan fingerprint density at radius 2 is 1.69 bits per heavy atom. The largest absolute Gasteiger partial charge is 0.497 e. The molecule has 0 bridgehead atoms. The fourth-order valence-electron chi connectivity index (χ4n) is 3.43. The minimum atomic E-state index is -4.39. The topological polar surface area (TPSA) is 187 Å². The third-order valence-electron chi connectivity index (χ3n) is 5.15. The van der Waals surface area contributed by atoms with Gasteiger partial charge in [0.15, 0.2) is 0 Å². The molecule has 0 radical (unpaired) electrons. The number of sulfonamides is 1. The third-order valence-corrected chi connectivity index (χ3v) is 6.49. The van der Waals surface area contributed by atoms with E-state index in [0.29, 0.717) is 17.1 Å². The number of hydrogen-bond donors (Lipinski definition) is 3. The van der Waals surface area contributed by atoms with E-state index in [9.17, 15) is 33.4 Å². The zero-order valence-corrected chi connectivity index (χ0v) is 19.2. The molecule has 184 valence electrons. The van der Waals surface area contributed by atoms with Crippen molar-refractivity contribution in [2.75, 3.05) is 12.4 Å². The van der Waals surface area contributed by atoms with Crippen LogP contribution in [0.1, 0.15) is 10.5 Å². The lowest BCUT2D eigenvalue weighted by Crippen LogP contribution is -2.30. The number of nitrogens with zero attached hydrogens (tertiary/aromatic N) is 2. The lowest BCUT2D eigenvalue weighted by Gasteiger charge is -2.09. The molecule has 0 aliphatic heterocycles. The highest BCUT2D eigenvalue weighted by Gasteiger charge is 2.24. The van der Waals surface area contributed by atoms with Gasteiger partial charge in [-0.25, -0.2) is 13.1 Å². The van der Waals surface area contributed by atoms with Crippen LogP contribution >= 0.6 is 0 Å². The first kappa shape index (κ1) is 24.2.